The Morgan fingerprint density at radius 1 is 1.06 bits per heavy atom. The number of hydroxylamine groups is 1. The Labute approximate surface area is 199 Å². The van der Waals surface area contributed by atoms with Gasteiger partial charge in [-0.3, -0.25) is 15.4 Å². The first kappa shape index (κ1) is 23.3. The Balaban J connectivity index is 1.58. The van der Waals surface area contributed by atoms with Crippen molar-refractivity contribution in [3.05, 3.63) is 66.0 Å². The van der Waals surface area contributed by atoms with Gasteiger partial charge in [0.2, 0.25) is 0 Å². The Morgan fingerprint density at radius 2 is 1.76 bits per heavy atom. The van der Waals surface area contributed by atoms with Gasteiger partial charge in [-0.2, -0.15) is 5.10 Å². The summed E-state index contributed by atoms with van der Waals surface area (Å²) in [6, 6.07) is 16.4. The minimum atomic E-state index is -0.366. The van der Waals surface area contributed by atoms with Crippen molar-refractivity contribution < 1.29 is 10.0 Å². The van der Waals surface area contributed by atoms with Gasteiger partial charge in [0, 0.05) is 40.6 Å². The molecule has 0 spiro atoms. The van der Waals surface area contributed by atoms with E-state index in [1.165, 1.54) is 7.05 Å². The minimum Gasteiger partial charge on any atom is -0.308 e. The van der Waals surface area contributed by atoms with Crippen LogP contribution in [0.1, 0.15) is 39.1 Å². The van der Waals surface area contributed by atoms with Gasteiger partial charge in [-0.15, -0.1) is 0 Å². The van der Waals surface area contributed by atoms with Crippen LogP contribution in [0.15, 0.2) is 54.6 Å². The van der Waals surface area contributed by atoms with Gasteiger partial charge in [-0.25, -0.2) is 9.78 Å². The SMILES string of the molecule is CCc1[nH]nc2nc(C(C)(C)C)cc(-c3ccc(NC(=O)Nc4cccc(N(C)O)c4)cc3)c12. The molecule has 0 unspecified atom stereocenters. The lowest BCUT2D eigenvalue weighted by molar-refractivity contribution is 0.262. The van der Waals surface area contributed by atoms with Gasteiger partial charge in [-0.1, -0.05) is 45.9 Å². The van der Waals surface area contributed by atoms with Crippen LogP contribution >= 0.6 is 0 Å². The van der Waals surface area contributed by atoms with Crippen LogP contribution in [0.5, 0.6) is 0 Å². The summed E-state index contributed by atoms with van der Waals surface area (Å²) >= 11 is 0. The van der Waals surface area contributed by atoms with Crippen molar-refractivity contribution in [2.24, 2.45) is 0 Å². The average molecular weight is 459 g/mol. The molecule has 0 saturated heterocycles. The molecule has 2 heterocycles. The number of aryl methyl sites for hydroxylation is 1. The van der Waals surface area contributed by atoms with Crippen molar-refractivity contribution >= 4 is 34.1 Å². The van der Waals surface area contributed by atoms with Crippen molar-refractivity contribution in [1.82, 2.24) is 15.2 Å². The molecule has 0 aliphatic heterocycles. The number of nitrogens with one attached hydrogen (secondary N) is 3. The number of fused-ring (bicyclic) bond motifs is 1. The molecular formula is C26H30N6O2. The van der Waals surface area contributed by atoms with Crippen LogP contribution in [0.25, 0.3) is 22.2 Å². The molecule has 2 aromatic heterocycles. The first-order valence-electron chi connectivity index (χ1n) is 11.3. The Bertz CT molecular complexity index is 1320. The highest BCUT2D eigenvalue weighted by Crippen LogP contribution is 2.34. The largest absolute Gasteiger partial charge is 0.323 e. The maximum atomic E-state index is 12.5. The molecule has 0 aliphatic carbocycles. The molecule has 0 bridgehead atoms. The highest BCUT2D eigenvalue weighted by Gasteiger charge is 2.21. The highest BCUT2D eigenvalue weighted by molar-refractivity contribution is 6.00. The number of nitrogens with zero attached hydrogens (tertiary/aromatic N) is 3. The fourth-order valence-corrected chi connectivity index (χ4v) is 3.77. The van der Waals surface area contributed by atoms with E-state index >= 15 is 0 Å². The maximum Gasteiger partial charge on any atom is 0.323 e. The van der Waals surface area contributed by atoms with Gasteiger partial charge in [0.25, 0.3) is 0 Å². The second-order valence-electron chi connectivity index (χ2n) is 9.29. The van der Waals surface area contributed by atoms with E-state index in [0.717, 1.165) is 45.0 Å². The molecule has 0 fully saturated rings. The lowest BCUT2D eigenvalue weighted by Gasteiger charge is -2.19. The number of hydrogen-bond donors (Lipinski definition) is 4. The smallest absolute Gasteiger partial charge is 0.308 e. The van der Waals surface area contributed by atoms with Gasteiger partial charge in [0.15, 0.2) is 5.65 Å². The zero-order chi connectivity index (χ0) is 24.5. The average Bonchev–Trinajstić information content (AvgIpc) is 3.22. The van der Waals surface area contributed by atoms with Crippen molar-refractivity contribution in [3.63, 3.8) is 0 Å². The summed E-state index contributed by atoms with van der Waals surface area (Å²) in [5, 5.41) is 24.8. The minimum absolute atomic E-state index is 0.115. The van der Waals surface area contributed by atoms with E-state index in [1.807, 2.05) is 24.3 Å². The highest BCUT2D eigenvalue weighted by atomic mass is 16.5. The van der Waals surface area contributed by atoms with E-state index in [2.05, 4.69) is 54.6 Å². The molecule has 2 amide bonds. The summed E-state index contributed by atoms with van der Waals surface area (Å²) in [5.74, 6) is 0. The predicted molar refractivity (Wildman–Crippen MR) is 137 cm³/mol. The van der Waals surface area contributed by atoms with Gasteiger partial charge >= 0.3 is 6.03 Å². The van der Waals surface area contributed by atoms with E-state index in [4.69, 9.17) is 4.98 Å². The number of hydrogen-bond acceptors (Lipinski definition) is 5. The lowest BCUT2D eigenvalue weighted by atomic mass is 9.89. The van der Waals surface area contributed by atoms with E-state index < -0.39 is 0 Å². The van der Waals surface area contributed by atoms with E-state index in [0.29, 0.717) is 17.1 Å². The van der Waals surface area contributed by atoms with Crippen LogP contribution < -0.4 is 15.7 Å². The molecule has 176 valence electrons. The van der Waals surface area contributed by atoms with E-state index in [-0.39, 0.29) is 11.4 Å². The summed E-state index contributed by atoms with van der Waals surface area (Å²) in [5.41, 5.74) is 6.55. The number of aromatic amines is 1. The number of rotatable bonds is 5. The molecule has 0 atom stereocenters. The molecule has 0 aliphatic rings. The number of carbonyl (C=O) groups is 1. The van der Waals surface area contributed by atoms with Crippen molar-refractivity contribution in [3.8, 4) is 11.1 Å². The third-order valence-electron chi connectivity index (χ3n) is 5.65. The number of amides is 2. The molecule has 8 nitrogen and oxygen atoms in total. The van der Waals surface area contributed by atoms with Crippen LogP contribution in [0.2, 0.25) is 0 Å². The molecular weight excluding hydrogens is 428 g/mol. The zero-order valence-electron chi connectivity index (χ0n) is 20.1. The van der Waals surface area contributed by atoms with Gasteiger partial charge in [0.1, 0.15) is 0 Å². The summed E-state index contributed by atoms with van der Waals surface area (Å²) in [4.78, 5) is 17.3. The number of anilines is 3. The molecule has 34 heavy (non-hydrogen) atoms. The summed E-state index contributed by atoms with van der Waals surface area (Å²) in [7, 11) is 1.52. The van der Waals surface area contributed by atoms with Crippen LogP contribution in [0.4, 0.5) is 21.9 Å². The predicted octanol–water partition coefficient (Wildman–Crippen LogP) is 5.95. The zero-order valence-corrected chi connectivity index (χ0v) is 20.1. The normalized spacial score (nSPS) is 11.5. The number of aromatic nitrogens is 3. The second-order valence-corrected chi connectivity index (χ2v) is 9.29. The molecule has 4 N–H and O–H groups in total. The first-order chi connectivity index (χ1) is 16.2. The van der Waals surface area contributed by atoms with Crippen molar-refractivity contribution in [2.45, 2.75) is 39.5 Å². The van der Waals surface area contributed by atoms with Crippen LogP contribution in [-0.4, -0.2) is 33.5 Å². The maximum absolute atomic E-state index is 12.5. The van der Waals surface area contributed by atoms with E-state index in [1.54, 1.807) is 24.3 Å². The van der Waals surface area contributed by atoms with Crippen LogP contribution in [-0.2, 0) is 11.8 Å². The fourth-order valence-electron chi connectivity index (χ4n) is 3.77. The topological polar surface area (TPSA) is 106 Å². The third kappa shape index (κ3) is 4.87. The first-order valence-corrected chi connectivity index (χ1v) is 11.3. The number of urea groups is 1. The molecule has 4 aromatic rings. The van der Waals surface area contributed by atoms with Gasteiger partial charge in [0.05, 0.1) is 5.69 Å². The fraction of sp³-hybridized carbons (Fsp3) is 0.269. The van der Waals surface area contributed by atoms with Crippen molar-refractivity contribution in [1.29, 1.82) is 0 Å². The Hall–Kier alpha value is -3.91. The number of carbonyl (C=O) groups excluding carboxylic acids is 1. The van der Waals surface area contributed by atoms with Gasteiger partial charge < -0.3 is 10.6 Å². The Morgan fingerprint density at radius 3 is 2.41 bits per heavy atom. The van der Waals surface area contributed by atoms with Crippen LogP contribution in [0.3, 0.4) is 0 Å². The van der Waals surface area contributed by atoms with Crippen LogP contribution in [0, 0.1) is 0 Å². The summed E-state index contributed by atoms with van der Waals surface area (Å²) in [6.45, 7) is 8.50. The standard InChI is InChI=1S/C26H30N6O2/c1-6-21-23-20(15-22(26(2,3)4)29-24(23)31-30-21)16-10-12-17(13-11-16)27-25(33)28-18-8-7-9-19(14-18)32(5)34/h7-15,34H,6H2,1-5H3,(H2,27,28,33)(H,29,30,31). The second kappa shape index (κ2) is 9.15. The molecule has 4 rings (SSSR count). The molecule has 2 aromatic carbocycles. The van der Waals surface area contributed by atoms with Gasteiger partial charge in [-0.05, 0) is 53.9 Å². The molecule has 0 saturated carbocycles. The number of pyridine rings is 1. The molecule has 8 heteroatoms. The lowest BCUT2D eigenvalue weighted by Crippen LogP contribution is -2.19. The monoisotopic (exact) mass is 458 g/mol. The Kier molecular flexibility index (Phi) is 6.26. The summed E-state index contributed by atoms with van der Waals surface area (Å²) in [6.07, 6.45) is 0.827. The van der Waals surface area contributed by atoms with Crippen molar-refractivity contribution in [2.75, 3.05) is 22.7 Å². The molecule has 0 radical (unpaired) electrons. The van der Waals surface area contributed by atoms with E-state index in [9.17, 15) is 10.0 Å². The summed E-state index contributed by atoms with van der Waals surface area (Å²) < 4.78 is 0. The third-order valence-corrected chi connectivity index (χ3v) is 5.65. The quantitative estimate of drug-likeness (QED) is 0.276. The number of H-pyrrole nitrogens is 1. The number of benzene rings is 2.